The molecule has 0 saturated heterocycles. The molecule has 0 heterocycles. The summed E-state index contributed by atoms with van der Waals surface area (Å²) in [6.07, 6.45) is 1.05. The number of nitrogens with one attached hydrogen (secondary N) is 1. The molecule has 1 atom stereocenters. The summed E-state index contributed by atoms with van der Waals surface area (Å²) in [4.78, 5) is 24.7. The minimum absolute atomic E-state index is 0.137. The first-order chi connectivity index (χ1) is 13.9. The second-order valence-electron chi connectivity index (χ2n) is 6.99. The zero-order valence-electron chi connectivity index (χ0n) is 17.5. The van der Waals surface area contributed by atoms with Gasteiger partial charge in [0.25, 0.3) is 0 Å². The van der Waals surface area contributed by atoms with Gasteiger partial charge in [0.05, 0.1) is 34.8 Å². The van der Waals surface area contributed by atoms with Crippen LogP contribution in [0.5, 0.6) is 0 Å². The van der Waals surface area contributed by atoms with Gasteiger partial charge in [-0.05, 0) is 69.2 Å². The Kier molecular flexibility index (Phi) is 7.49. The maximum Gasteiger partial charge on any atom is 0.338 e. The van der Waals surface area contributed by atoms with Crippen molar-refractivity contribution in [1.82, 2.24) is 0 Å². The van der Waals surface area contributed by atoms with Crippen molar-refractivity contribution in [1.29, 1.82) is 0 Å². The molecule has 1 amide bonds. The van der Waals surface area contributed by atoms with Crippen molar-refractivity contribution in [2.45, 2.75) is 33.7 Å². The van der Waals surface area contributed by atoms with Crippen LogP contribution in [0.3, 0.4) is 0 Å². The number of carbonyl (C=O) groups excluding carboxylic acids is 2. The van der Waals surface area contributed by atoms with Crippen LogP contribution >= 0.6 is 11.6 Å². The van der Waals surface area contributed by atoms with Gasteiger partial charge in [-0.3, -0.25) is 9.10 Å². The SMILES string of the molecule is CCOC(=O)c1ccc(NC(=O)[C@H](C)N(c2cc(C)cc(C)c2)S(C)(=O)=O)c(Cl)c1. The van der Waals surface area contributed by atoms with Gasteiger partial charge in [-0.1, -0.05) is 17.7 Å². The molecule has 0 aliphatic carbocycles. The fourth-order valence-corrected chi connectivity index (χ4v) is 4.47. The Bertz CT molecular complexity index is 1050. The topological polar surface area (TPSA) is 92.8 Å². The van der Waals surface area contributed by atoms with E-state index in [4.69, 9.17) is 16.3 Å². The Balaban J connectivity index is 2.31. The summed E-state index contributed by atoms with van der Waals surface area (Å²) in [5.41, 5.74) is 2.67. The van der Waals surface area contributed by atoms with Crippen molar-refractivity contribution in [2.24, 2.45) is 0 Å². The molecule has 162 valence electrons. The van der Waals surface area contributed by atoms with Gasteiger partial charge >= 0.3 is 5.97 Å². The molecular formula is C21H25ClN2O5S. The summed E-state index contributed by atoms with van der Waals surface area (Å²) in [5.74, 6) is -1.09. The molecule has 0 bridgehead atoms. The first-order valence-electron chi connectivity index (χ1n) is 9.29. The van der Waals surface area contributed by atoms with Gasteiger partial charge in [0.15, 0.2) is 0 Å². The Hall–Kier alpha value is -2.58. The highest BCUT2D eigenvalue weighted by Gasteiger charge is 2.30. The van der Waals surface area contributed by atoms with Gasteiger partial charge in [-0.25, -0.2) is 13.2 Å². The zero-order chi connectivity index (χ0) is 22.6. The van der Waals surface area contributed by atoms with Crippen LogP contribution in [0.25, 0.3) is 0 Å². The van der Waals surface area contributed by atoms with E-state index in [0.29, 0.717) is 5.69 Å². The fraction of sp³-hybridized carbons (Fsp3) is 0.333. The van der Waals surface area contributed by atoms with Crippen LogP contribution in [0, 0.1) is 13.8 Å². The maximum atomic E-state index is 12.8. The number of sulfonamides is 1. The monoisotopic (exact) mass is 452 g/mol. The van der Waals surface area contributed by atoms with E-state index in [1.807, 2.05) is 19.9 Å². The number of halogens is 1. The lowest BCUT2D eigenvalue weighted by Crippen LogP contribution is -2.45. The molecule has 0 aliphatic rings. The Morgan fingerprint density at radius 1 is 1.13 bits per heavy atom. The van der Waals surface area contributed by atoms with Gasteiger partial charge < -0.3 is 10.1 Å². The summed E-state index contributed by atoms with van der Waals surface area (Å²) in [6, 6.07) is 8.63. The van der Waals surface area contributed by atoms with Crippen LogP contribution in [-0.2, 0) is 19.6 Å². The highest BCUT2D eigenvalue weighted by atomic mass is 35.5. The first-order valence-corrected chi connectivity index (χ1v) is 11.5. The van der Waals surface area contributed by atoms with E-state index in [-0.39, 0.29) is 22.9 Å². The highest BCUT2D eigenvalue weighted by Crippen LogP contribution is 2.27. The highest BCUT2D eigenvalue weighted by molar-refractivity contribution is 7.92. The number of nitrogens with zero attached hydrogens (tertiary/aromatic N) is 1. The van der Waals surface area contributed by atoms with E-state index in [1.54, 1.807) is 19.1 Å². The third kappa shape index (κ3) is 5.73. The molecule has 9 heteroatoms. The number of esters is 1. The zero-order valence-corrected chi connectivity index (χ0v) is 19.1. The van der Waals surface area contributed by atoms with Crippen molar-refractivity contribution in [3.63, 3.8) is 0 Å². The molecule has 1 N–H and O–H groups in total. The average Bonchev–Trinajstić information content (AvgIpc) is 2.61. The van der Waals surface area contributed by atoms with E-state index in [1.165, 1.54) is 25.1 Å². The summed E-state index contributed by atoms with van der Waals surface area (Å²) in [5, 5.41) is 2.77. The standard InChI is InChI=1S/C21H25ClN2O5S/c1-6-29-21(26)16-7-8-19(18(22)12-16)23-20(25)15(4)24(30(5,27)28)17-10-13(2)9-14(3)11-17/h7-12,15H,6H2,1-5H3,(H,23,25)/t15-/m0/s1. The van der Waals surface area contributed by atoms with Crippen LogP contribution in [0.15, 0.2) is 36.4 Å². The Morgan fingerprint density at radius 2 is 1.73 bits per heavy atom. The predicted molar refractivity (Wildman–Crippen MR) is 119 cm³/mol. The Morgan fingerprint density at radius 3 is 2.23 bits per heavy atom. The van der Waals surface area contributed by atoms with Crippen molar-refractivity contribution >= 4 is 44.9 Å². The maximum absolute atomic E-state index is 12.8. The largest absolute Gasteiger partial charge is 0.462 e. The molecule has 0 saturated carbocycles. The molecule has 0 radical (unpaired) electrons. The number of benzene rings is 2. The number of aryl methyl sites for hydroxylation is 2. The predicted octanol–water partition coefficient (Wildman–Crippen LogP) is 3.93. The number of amides is 1. The molecule has 0 fully saturated rings. The first kappa shape index (κ1) is 23.7. The van der Waals surface area contributed by atoms with Crippen LogP contribution in [-0.4, -0.2) is 39.2 Å². The lowest BCUT2D eigenvalue weighted by Gasteiger charge is -2.29. The van der Waals surface area contributed by atoms with Crippen LogP contribution in [0.1, 0.15) is 35.3 Å². The smallest absolute Gasteiger partial charge is 0.338 e. The lowest BCUT2D eigenvalue weighted by molar-refractivity contribution is -0.116. The number of rotatable bonds is 7. The molecule has 0 unspecified atom stereocenters. The average molecular weight is 453 g/mol. The number of hydrogen-bond donors (Lipinski definition) is 1. The van der Waals surface area contributed by atoms with Gasteiger partial charge in [-0.15, -0.1) is 0 Å². The van der Waals surface area contributed by atoms with E-state index >= 15 is 0 Å². The van der Waals surface area contributed by atoms with Crippen LogP contribution in [0.4, 0.5) is 11.4 Å². The van der Waals surface area contributed by atoms with Crippen molar-refractivity contribution in [3.05, 3.63) is 58.1 Å². The quantitative estimate of drug-likeness (QED) is 0.642. The molecule has 0 spiro atoms. The molecule has 2 aromatic rings. The van der Waals surface area contributed by atoms with E-state index in [9.17, 15) is 18.0 Å². The second kappa shape index (κ2) is 9.49. The fourth-order valence-electron chi connectivity index (χ4n) is 3.08. The lowest BCUT2D eigenvalue weighted by atomic mass is 10.1. The van der Waals surface area contributed by atoms with E-state index in [2.05, 4.69) is 5.32 Å². The molecule has 0 aromatic heterocycles. The Labute approximate surface area is 182 Å². The molecule has 0 aliphatic heterocycles. The molecular weight excluding hydrogens is 428 g/mol. The van der Waals surface area contributed by atoms with Gasteiger partial charge in [0.1, 0.15) is 6.04 Å². The van der Waals surface area contributed by atoms with Crippen molar-refractivity contribution < 1.29 is 22.7 Å². The molecule has 2 rings (SSSR count). The minimum atomic E-state index is -3.74. The van der Waals surface area contributed by atoms with Crippen molar-refractivity contribution in [3.8, 4) is 0 Å². The van der Waals surface area contributed by atoms with Gasteiger partial charge in [-0.2, -0.15) is 0 Å². The van der Waals surface area contributed by atoms with Gasteiger partial charge in [0.2, 0.25) is 15.9 Å². The number of ether oxygens (including phenoxy) is 1. The molecule has 30 heavy (non-hydrogen) atoms. The number of hydrogen-bond acceptors (Lipinski definition) is 5. The summed E-state index contributed by atoms with van der Waals surface area (Å²) < 4.78 is 30.9. The van der Waals surface area contributed by atoms with E-state index < -0.39 is 27.9 Å². The molecule has 2 aromatic carbocycles. The summed E-state index contributed by atoms with van der Waals surface area (Å²) in [6.45, 7) is 7.12. The van der Waals surface area contributed by atoms with E-state index in [0.717, 1.165) is 21.7 Å². The molecule has 7 nitrogen and oxygen atoms in total. The van der Waals surface area contributed by atoms with Gasteiger partial charge in [0, 0.05) is 0 Å². The third-order valence-electron chi connectivity index (χ3n) is 4.29. The van der Waals surface area contributed by atoms with Crippen LogP contribution < -0.4 is 9.62 Å². The number of anilines is 2. The third-order valence-corrected chi connectivity index (χ3v) is 5.84. The van der Waals surface area contributed by atoms with Crippen molar-refractivity contribution in [2.75, 3.05) is 22.5 Å². The van der Waals surface area contributed by atoms with Crippen LogP contribution in [0.2, 0.25) is 5.02 Å². The summed E-state index contributed by atoms with van der Waals surface area (Å²) in [7, 11) is -3.74. The normalized spacial score (nSPS) is 12.2. The number of carbonyl (C=O) groups is 2. The second-order valence-corrected chi connectivity index (χ2v) is 9.25. The summed E-state index contributed by atoms with van der Waals surface area (Å²) >= 11 is 6.20. The minimum Gasteiger partial charge on any atom is -0.462 e.